The van der Waals surface area contributed by atoms with E-state index in [1.807, 2.05) is 24.3 Å². The molecular weight excluding hydrogens is 384 g/mol. The van der Waals surface area contributed by atoms with E-state index in [1.165, 1.54) is 0 Å². The van der Waals surface area contributed by atoms with Gasteiger partial charge in [-0.1, -0.05) is 19.2 Å². The van der Waals surface area contributed by atoms with Crippen molar-refractivity contribution in [2.75, 3.05) is 26.4 Å². The minimum atomic E-state index is -0.339. The number of unbranched alkanes of at least 4 members (excludes halogenated alkanes) is 4. The molecular formula is C24H34O6. The minimum absolute atomic E-state index is 0.339. The maximum Gasteiger partial charge on any atom is 0.333 e. The zero-order valence-corrected chi connectivity index (χ0v) is 18.2. The smallest absolute Gasteiger partial charge is 0.333 e. The first-order chi connectivity index (χ1) is 14.4. The fraction of sp³-hybridized carbons (Fsp3) is 0.500. The van der Waals surface area contributed by atoms with Gasteiger partial charge in [-0.2, -0.15) is 0 Å². The van der Waals surface area contributed by atoms with Gasteiger partial charge in [0, 0.05) is 17.2 Å². The van der Waals surface area contributed by atoms with Gasteiger partial charge in [0.25, 0.3) is 0 Å². The number of esters is 2. The van der Waals surface area contributed by atoms with Crippen LogP contribution in [0, 0.1) is 0 Å². The first-order valence-electron chi connectivity index (χ1n) is 10.4. The Hall–Kier alpha value is -2.76. The molecule has 6 nitrogen and oxygen atoms in total. The van der Waals surface area contributed by atoms with Crippen molar-refractivity contribution in [1.82, 2.24) is 0 Å². The van der Waals surface area contributed by atoms with Crippen LogP contribution >= 0.6 is 0 Å². The fourth-order valence-corrected chi connectivity index (χ4v) is 2.37. The van der Waals surface area contributed by atoms with Gasteiger partial charge >= 0.3 is 11.9 Å². The zero-order valence-electron chi connectivity index (χ0n) is 18.2. The number of hydrogen-bond acceptors (Lipinski definition) is 6. The first-order valence-corrected chi connectivity index (χ1v) is 10.4. The van der Waals surface area contributed by atoms with Crippen molar-refractivity contribution in [2.45, 2.75) is 52.4 Å². The van der Waals surface area contributed by atoms with Gasteiger partial charge in [-0.25, -0.2) is 9.59 Å². The van der Waals surface area contributed by atoms with Gasteiger partial charge in [0.2, 0.25) is 0 Å². The van der Waals surface area contributed by atoms with Crippen molar-refractivity contribution in [3.8, 4) is 11.5 Å². The van der Waals surface area contributed by atoms with E-state index in [1.54, 1.807) is 13.8 Å². The minimum Gasteiger partial charge on any atom is -0.493 e. The number of ether oxygens (including phenoxy) is 4. The molecule has 0 aliphatic heterocycles. The molecule has 0 amide bonds. The molecule has 0 N–H and O–H groups in total. The molecule has 0 aliphatic rings. The van der Waals surface area contributed by atoms with Crippen molar-refractivity contribution in [3.63, 3.8) is 0 Å². The summed E-state index contributed by atoms with van der Waals surface area (Å²) in [6.07, 6.45) is 5.20. The Bertz CT molecular complexity index is 639. The van der Waals surface area contributed by atoms with E-state index in [0.29, 0.717) is 37.6 Å². The molecule has 166 valence electrons. The number of rotatable bonds is 16. The Kier molecular flexibility index (Phi) is 12.7. The summed E-state index contributed by atoms with van der Waals surface area (Å²) >= 11 is 0. The molecule has 30 heavy (non-hydrogen) atoms. The lowest BCUT2D eigenvalue weighted by atomic mass is 10.2. The second-order valence-corrected chi connectivity index (χ2v) is 7.13. The lowest BCUT2D eigenvalue weighted by molar-refractivity contribution is -0.139. The zero-order chi connectivity index (χ0) is 22.2. The summed E-state index contributed by atoms with van der Waals surface area (Å²) in [7, 11) is 0. The monoisotopic (exact) mass is 418 g/mol. The second-order valence-electron chi connectivity index (χ2n) is 7.13. The highest BCUT2D eigenvalue weighted by Crippen LogP contribution is 2.20. The van der Waals surface area contributed by atoms with Crippen LogP contribution in [0.25, 0.3) is 0 Å². The molecule has 1 rings (SSSR count). The van der Waals surface area contributed by atoms with Gasteiger partial charge in [0.05, 0.1) is 26.4 Å². The van der Waals surface area contributed by atoms with Crippen LogP contribution in [0.4, 0.5) is 0 Å². The lowest BCUT2D eigenvalue weighted by Crippen LogP contribution is -2.06. The molecule has 0 fully saturated rings. The van der Waals surface area contributed by atoms with Gasteiger partial charge in [0.15, 0.2) is 0 Å². The Morgan fingerprint density at radius 1 is 0.700 bits per heavy atom. The average molecular weight is 419 g/mol. The summed E-state index contributed by atoms with van der Waals surface area (Å²) in [5, 5.41) is 0. The van der Waals surface area contributed by atoms with Gasteiger partial charge in [-0.05, 0) is 64.5 Å². The first kappa shape index (κ1) is 25.3. The van der Waals surface area contributed by atoms with E-state index in [4.69, 9.17) is 18.9 Å². The van der Waals surface area contributed by atoms with Gasteiger partial charge in [0.1, 0.15) is 11.5 Å². The molecule has 0 unspecified atom stereocenters. The van der Waals surface area contributed by atoms with E-state index in [9.17, 15) is 9.59 Å². The highest BCUT2D eigenvalue weighted by molar-refractivity contribution is 5.87. The summed E-state index contributed by atoms with van der Waals surface area (Å²) < 4.78 is 21.6. The second kappa shape index (κ2) is 15.1. The quantitative estimate of drug-likeness (QED) is 0.213. The Morgan fingerprint density at radius 3 is 1.50 bits per heavy atom. The molecule has 0 atom stereocenters. The topological polar surface area (TPSA) is 71.1 Å². The van der Waals surface area contributed by atoms with Crippen LogP contribution in [0.15, 0.2) is 48.6 Å². The Balaban J connectivity index is 2.09. The van der Waals surface area contributed by atoms with E-state index in [-0.39, 0.29) is 11.9 Å². The summed E-state index contributed by atoms with van der Waals surface area (Å²) in [5.41, 5.74) is 0.842. The summed E-state index contributed by atoms with van der Waals surface area (Å²) in [5.74, 6) is 0.865. The largest absolute Gasteiger partial charge is 0.493 e. The number of carbonyl (C=O) groups excluding carboxylic acids is 2. The van der Waals surface area contributed by atoms with Crippen LogP contribution in [0.3, 0.4) is 0 Å². The summed E-state index contributed by atoms with van der Waals surface area (Å²) in [6.45, 7) is 12.4. The van der Waals surface area contributed by atoms with Crippen LogP contribution < -0.4 is 9.47 Å². The van der Waals surface area contributed by atoms with Gasteiger partial charge in [-0.15, -0.1) is 0 Å². The van der Waals surface area contributed by atoms with Crippen molar-refractivity contribution < 1.29 is 28.5 Å². The summed E-state index contributed by atoms with van der Waals surface area (Å²) in [4.78, 5) is 22.5. The SMILES string of the molecule is C=C(C)C(=O)OCCCCCOc1cccc(OCCCCCOC(=O)C(=C)C)c1. The van der Waals surface area contributed by atoms with Crippen molar-refractivity contribution in [1.29, 1.82) is 0 Å². The third-order valence-corrected chi connectivity index (χ3v) is 4.08. The van der Waals surface area contributed by atoms with E-state index in [2.05, 4.69) is 13.2 Å². The molecule has 0 radical (unpaired) electrons. The molecule has 0 saturated carbocycles. The van der Waals surface area contributed by atoms with Crippen LogP contribution in [-0.4, -0.2) is 38.4 Å². The van der Waals surface area contributed by atoms with Crippen molar-refractivity contribution in [3.05, 3.63) is 48.6 Å². The molecule has 0 saturated heterocycles. The lowest BCUT2D eigenvalue weighted by Gasteiger charge is -2.10. The summed E-state index contributed by atoms with van der Waals surface area (Å²) in [6, 6.07) is 7.58. The Morgan fingerprint density at radius 2 is 1.10 bits per heavy atom. The third kappa shape index (κ3) is 11.9. The van der Waals surface area contributed by atoms with E-state index < -0.39 is 0 Å². The standard InChI is InChI=1S/C24H34O6/c1-19(2)23(25)29-16-9-5-7-14-27-21-12-11-13-22(18-21)28-15-8-6-10-17-30-24(26)20(3)4/h11-13,18H,1,3,5-10,14-17H2,2,4H3. The Labute approximate surface area is 179 Å². The third-order valence-electron chi connectivity index (χ3n) is 4.08. The molecule has 1 aromatic rings. The molecule has 6 heteroatoms. The van der Waals surface area contributed by atoms with Gasteiger partial charge < -0.3 is 18.9 Å². The number of carbonyl (C=O) groups is 2. The molecule has 0 heterocycles. The van der Waals surface area contributed by atoms with Crippen LogP contribution in [0.5, 0.6) is 11.5 Å². The van der Waals surface area contributed by atoms with E-state index in [0.717, 1.165) is 50.0 Å². The average Bonchev–Trinajstić information content (AvgIpc) is 2.72. The maximum absolute atomic E-state index is 11.3. The predicted octanol–water partition coefficient (Wildman–Crippen LogP) is 5.02. The number of hydrogen-bond donors (Lipinski definition) is 0. The maximum atomic E-state index is 11.3. The van der Waals surface area contributed by atoms with Gasteiger partial charge in [-0.3, -0.25) is 0 Å². The van der Waals surface area contributed by atoms with Crippen LogP contribution in [0.2, 0.25) is 0 Å². The highest BCUT2D eigenvalue weighted by atomic mass is 16.5. The molecule has 1 aromatic carbocycles. The van der Waals surface area contributed by atoms with Crippen molar-refractivity contribution in [2.24, 2.45) is 0 Å². The van der Waals surface area contributed by atoms with Crippen LogP contribution in [0.1, 0.15) is 52.4 Å². The van der Waals surface area contributed by atoms with Crippen molar-refractivity contribution >= 4 is 11.9 Å². The predicted molar refractivity (Wildman–Crippen MR) is 117 cm³/mol. The molecule has 0 aromatic heterocycles. The molecule has 0 bridgehead atoms. The molecule has 0 aliphatic carbocycles. The van der Waals surface area contributed by atoms with Crippen LogP contribution in [-0.2, 0) is 19.1 Å². The highest BCUT2D eigenvalue weighted by Gasteiger charge is 2.03. The molecule has 0 spiro atoms. The number of benzene rings is 1. The van der Waals surface area contributed by atoms with E-state index >= 15 is 0 Å². The normalized spacial score (nSPS) is 10.2. The fourth-order valence-electron chi connectivity index (χ4n) is 2.37.